The number of hydrogen-bond donors (Lipinski definition) is 2. The number of carbonyl (C=O) groups is 1. The number of ether oxygens (including phenoxy) is 4. The fraction of sp³-hybridized carbons (Fsp3) is 0.357. The normalized spacial score (nSPS) is 9.95. The van der Waals surface area contributed by atoms with Crippen LogP contribution in [0.1, 0.15) is 0 Å². The lowest BCUT2D eigenvalue weighted by Crippen LogP contribution is -2.11. The minimum atomic E-state index is -0.507. The average Bonchev–Trinajstić information content (AvgIpc) is 2.47. The van der Waals surface area contributed by atoms with Gasteiger partial charge in [-0.2, -0.15) is 0 Å². The molecule has 0 aliphatic carbocycles. The molecule has 0 fully saturated rings. The number of carbonyl (C=O) groups excluding carboxylic acids is 1. The number of hydrogen-bond acceptors (Lipinski definition) is 7. The lowest BCUT2D eigenvalue weighted by molar-refractivity contribution is -0.138. The van der Waals surface area contributed by atoms with Gasteiger partial charge >= 0.3 is 5.97 Å². The van der Waals surface area contributed by atoms with E-state index in [1.165, 1.54) is 0 Å². The molecule has 0 heterocycles. The molecule has 0 radical (unpaired) electrons. The first kappa shape index (κ1) is 16.6. The van der Waals surface area contributed by atoms with Crippen LogP contribution in [0.15, 0.2) is 24.8 Å². The van der Waals surface area contributed by atoms with Crippen molar-refractivity contribution in [3.63, 3.8) is 0 Å². The Morgan fingerprint density at radius 1 is 1.10 bits per heavy atom. The summed E-state index contributed by atoms with van der Waals surface area (Å²) in [5, 5.41) is 0. The Hall–Kier alpha value is -2.41. The second-order valence-corrected chi connectivity index (χ2v) is 3.99. The molecule has 7 heteroatoms. The molecule has 0 unspecified atom stereocenters. The Morgan fingerprint density at radius 3 is 2.10 bits per heavy atom. The summed E-state index contributed by atoms with van der Waals surface area (Å²) in [4.78, 5) is 10.8. The van der Waals surface area contributed by atoms with E-state index in [1.54, 1.807) is 19.2 Å². The van der Waals surface area contributed by atoms with Crippen molar-refractivity contribution < 1.29 is 23.7 Å². The van der Waals surface area contributed by atoms with Gasteiger partial charge in [-0.15, -0.1) is 0 Å². The molecule has 1 aromatic carbocycles. The molecule has 21 heavy (non-hydrogen) atoms. The van der Waals surface area contributed by atoms with Crippen LogP contribution in [0.4, 0.5) is 11.4 Å². The molecule has 0 aliphatic heterocycles. The van der Waals surface area contributed by atoms with Gasteiger partial charge < -0.3 is 30.4 Å². The number of nitrogen functional groups attached to an aromatic ring is 2. The summed E-state index contributed by atoms with van der Waals surface area (Å²) in [6, 6.07) is 3.14. The Labute approximate surface area is 123 Å². The van der Waals surface area contributed by atoms with E-state index >= 15 is 0 Å². The number of rotatable bonds is 9. The first-order chi connectivity index (χ1) is 10.1. The molecule has 4 N–H and O–H groups in total. The van der Waals surface area contributed by atoms with Crippen molar-refractivity contribution in [2.24, 2.45) is 0 Å². The Balaban J connectivity index is 2.53. The average molecular weight is 296 g/mol. The minimum absolute atomic E-state index is 0.0935. The third-order valence-corrected chi connectivity index (χ3v) is 2.44. The van der Waals surface area contributed by atoms with Crippen molar-refractivity contribution in [3.8, 4) is 11.5 Å². The maximum absolute atomic E-state index is 10.8. The van der Waals surface area contributed by atoms with E-state index in [4.69, 9.17) is 30.4 Å². The highest BCUT2D eigenvalue weighted by atomic mass is 16.6. The molecule has 0 aliphatic rings. The summed E-state index contributed by atoms with van der Waals surface area (Å²) < 4.78 is 20.5. The molecule has 0 spiro atoms. The molecule has 0 aromatic heterocycles. The molecular weight excluding hydrogens is 276 g/mol. The summed E-state index contributed by atoms with van der Waals surface area (Å²) in [5.74, 6) is 0.365. The Morgan fingerprint density at radius 2 is 1.62 bits per heavy atom. The number of nitrogens with two attached hydrogens (primary N) is 2. The second kappa shape index (κ2) is 8.70. The number of anilines is 2. The van der Waals surface area contributed by atoms with Crippen molar-refractivity contribution in [2.45, 2.75) is 0 Å². The predicted octanol–water partition coefficient (Wildman–Crippen LogP) is 0.984. The maximum Gasteiger partial charge on any atom is 0.330 e. The van der Waals surface area contributed by atoms with Gasteiger partial charge in [-0.1, -0.05) is 6.58 Å². The van der Waals surface area contributed by atoms with Crippen molar-refractivity contribution >= 4 is 17.3 Å². The Bertz CT molecular complexity index is 490. The first-order valence-corrected chi connectivity index (χ1v) is 6.31. The van der Waals surface area contributed by atoms with Crippen molar-refractivity contribution in [3.05, 3.63) is 24.8 Å². The van der Waals surface area contributed by atoms with Crippen molar-refractivity contribution in [2.75, 3.05) is 45.0 Å². The van der Waals surface area contributed by atoms with Gasteiger partial charge in [-0.3, -0.25) is 0 Å². The number of esters is 1. The lowest BCUT2D eigenvalue weighted by Gasteiger charge is -2.13. The number of methoxy groups -OCH3 is 1. The van der Waals surface area contributed by atoms with Crippen molar-refractivity contribution in [1.29, 1.82) is 0 Å². The van der Waals surface area contributed by atoms with Crippen LogP contribution in [0, 0.1) is 0 Å². The van der Waals surface area contributed by atoms with E-state index in [-0.39, 0.29) is 13.2 Å². The largest absolute Gasteiger partial charge is 0.489 e. The van der Waals surface area contributed by atoms with Gasteiger partial charge in [-0.25, -0.2) is 4.79 Å². The molecule has 1 aromatic rings. The molecule has 7 nitrogen and oxygen atoms in total. The quantitative estimate of drug-likeness (QED) is 0.303. The topological polar surface area (TPSA) is 106 Å². The predicted molar refractivity (Wildman–Crippen MR) is 79.3 cm³/mol. The van der Waals surface area contributed by atoms with Gasteiger partial charge in [0.2, 0.25) is 0 Å². The monoisotopic (exact) mass is 296 g/mol. The molecule has 0 bridgehead atoms. The summed E-state index contributed by atoms with van der Waals surface area (Å²) >= 11 is 0. The van der Waals surface area contributed by atoms with Crippen molar-refractivity contribution in [1.82, 2.24) is 0 Å². The molecule has 0 atom stereocenters. The van der Waals surface area contributed by atoms with Gasteiger partial charge in [-0.05, 0) is 0 Å². The summed E-state index contributed by atoms with van der Waals surface area (Å²) in [7, 11) is 1.58. The minimum Gasteiger partial charge on any atom is -0.489 e. The van der Waals surface area contributed by atoms with Crippen LogP contribution < -0.4 is 20.9 Å². The second-order valence-electron chi connectivity index (χ2n) is 3.99. The van der Waals surface area contributed by atoms with Crippen LogP contribution >= 0.6 is 0 Å². The van der Waals surface area contributed by atoms with Crippen LogP contribution in [0.2, 0.25) is 0 Å². The van der Waals surface area contributed by atoms with E-state index in [9.17, 15) is 4.79 Å². The van der Waals surface area contributed by atoms with Crippen LogP contribution in [-0.4, -0.2) is 39.5 Å². The SMILES string of the molecule is C=CC(=O)OCCOc1cc(N)c(OCCOC)cc1N. The third-order valence-electron chi connectivity index (χ3n) is 2.44. The zero-order chi connectivity index (χ0) is 15.7. The summed E-state index contributed by atoms with van der Waals surface area (Å²) in [6.07, 6.45) is 1.08. The highest BCUT2D eigenvalue weighted by molar-refractivity contribution is 5.81. The molecular formula is C14H20N2O5. The smallest absolute Gasteiger partial charge is 0.330 e. The molecule has 116 valence electrons. The van der Waals surface area contributed by atoms with Gasteiger partial charge in [0.05, 0.1) is 18.0 Å². The van der Waals surface area contributed by atoms with E-state index in [1.807, 2.05) is 0 Å². The van der Waals surface area contributed by atoms with Gasteiger partial charge in [0.15, 0.2) is 0 Å². The molecule has 1 rings (SSSR count). The van der Waals surface area contributed by atoms with E-state index in [0.29, 0.717) is 36.1 Å². The van der Waals surface area contributed by atoms with Crippen LogP contribution in [0.25, 0.3) is 0 Å². The van der Waals surface area contributed by atoms with E-state index in [2.05, 4.69) is 6.58 Å². The fourth-order valence-electron chi connectivity index (χ4n) is 1.43. The highest BCUT2D eigenvalue weighted by Gasteiger charge is 2.08. The van der Waals surface area contributed by atoms with E-state index < -0.39 is 5.97 Å². The lowest BCUT2D eigenvalue weighted by atomic mass is 10.2. The highest BCUT2D eigenvalue weighted by Crippen LogP contribution is 2.32. The Kier molecular flexibility index (Phi) is 6.90. The third kappa shape index (κ3) is 5.62. The first-order valence-electron chi connectivity index (χ1n) is 6.31. The van der Waals surface area contributed by atoms with E-state index in [0.717, 1.165) is 6.08 Å². The summed E-state index contributed by atoms with van der Waals surface area (Å²) in [6.45, 7) is 4.37. The molecule has 0 saturated heterocycles. The molecule has 0 saturated carbocycles. The van der Waals surface area contributed by atoms with Gasteiger partial charge in [0, 0.05) is 25.3 Å². The van der Waals surface area contributed by atoms with Gasteiger partial charge in [0.25, 0.3) is 0 Å². The number of benzene rings is 1. The van der Waals surface area contributed by atoms with Crippen LogP contribution in [0.5, 0.6) is 11.5 Å². The zero-order valence-electron chi connectivity index (χ0n) is 12.0. The van der Waals surface area contributed by atoms with Gasteiger partial charge in [0.1, 0.15) is 31.3 Å². The fourth-order valence-corrected chi connectivity index (χ4v) is 1.43. The standard InChI is InChI=1S/C14H20N2O5/c1-3-14(17)21-7-6-20-13-9-10(15)12(8-11(13)16)19-5-4-18-2/h3,8-9H,1,4-7,15-16H2,2H3. The molecule has 0 amide bonds. The summed E-state index contributed by atoms with van der Waals surface area (Å²) in [5.41, 5.74) is 12.5. The van der Waals surface area contributed by atoms with Crippen LogP contribution in [-0.2, 0) is 14.3 Å². The maximum atomic E-state index is 10.8. The van der Waals surface area contributed by atoms with Crippen LogP contribution in [0.3, 0.4) is 0 Å². The zero-order valence-corrected chi connectivity index (χ0v) is 12.0.